The molecule has 0 saturated carbocycles. The van der Waals surface area contributed by atoms with Gasteiger partial charge in [-0.2, -0.15) is 0 Å². The molecule has 0 fully saturated rings. The van der Waals surface area contributed by atoms with E-state index in [1.165, 1.54) is 91.6 Å². The van der Waals surface area contributed by atoms with Crippen molar-refractivity contribution in [2.24, 2.45) is 0 Å². The molecule has 401 valence electrons. The first-order valence-electron chi connectivity index (χ1n) is 29.6. The Morgan fingerprint density at radius 1 is 0.447 bits per heavy atom. The van der Waals surface area contributed by atoms with Gasteiger partial charge in [-0.15, -0.1) is 0 Å². The Balaban J connectivity index is 1.42. The summed E-state index contributed by atoms with van der Waals surface area (Å²) in [5.74, 6) is 0. The summed E-state index contributed by atoms with van der Waals surface area (Å²) in [6.45, 7) is 39.8. The molecule has 9 rings (SSSR count). The summed E-state index contributed by atoms with van der Waals surface area (Å²) in [6.07, 6.45) is 16.1. The number of rotatable bonds is 19. The van der Waals surface area contributed by atoms with E-state index in [0.717, 1.165) is 64.2 Å². The second-order valence-corrected chi connectivity index (χ2v) is 70.4. The summed E-state index contributed by atoms with van der Waals surface area (Å²) in [6, 6.07) is 42.4. The minimum atomic E-state index is -5.85. The number of hydrogen-bond acceptors (Lipinski definition) is 0. The van der Waals surface area contributed by atoms with Crippen LogP contribution in [0.15, 0.2) is 114 Å². The van der Waals surface area contributed by atoms with Crippen molar-refractivity contribution in [3.63, 3.8) is 0 Å². The zero-order chi connectivity index (χ0) is 54.9. The van der Waals surface area contributed by atoms with E-state index in [0.29, 0.717) is 0 Å². The molecule has 0 radical (unpaired) electrons. The molecule has 6 aromatic carbocycles. The van der Waals surface area contributed by atoms with Crippen molar-refractivity contribution < 1.29 is 16.4 Å². The third-order valence-electron chi connectivity index (χ3n) is 17.8. The Labute approximate surface area is 476 Å². The van der Waals surface area contributed by atoms with E-state index in [4.69, 9.17) is 0 Å². The Bertz CT molecular complexity index is 3050. The van der Waals surface area contributed by atoms with Gasteiger partial charge in [-0.3, -0.25) is 0 Å². The zero-order valence-corrected chi connectivity index (χ0v) is 59.0. The monoisotopic (exact) mass is 1210 g/mol. The SMILES string of the molecule is CCCCC1=Cc2c(ccc(CCC)c2-c2cc([Si](C)(C)C)cc([Si](C)(C)C)c2)[CH]1[Zr]([Cl])([Cl])([c]1cccc2c1[SiH2]c1ccccc1-2)[CH]1C(CCCC)=Cc2c1ccc(CCC)c2-c1cc([Si](C)(C)C)cc([Si](C)(C)C)c1. The summed E-state index contributed by atoms with van der Waals surface area (Å²) >= 11 is -5.85. The molecule has 1 heterocycles. The number of hydrogen-bond donors (Lipinski definition) is 0. The molecule has 0 bridgehead atoms. The maximum atomic E-state index is 9.84. The van der Waals surface area contributed by atoms with Gasteiger partial charge >= 0.3 is 481 Å². The summed E-state index contributed by atoms with van der Waals surface area (Å²) in [4.78, 5) is 0. The van der Waals surface area contributed by atoms with Crippen LogP contribution < -0.4 is 34.4 Å². The first-order chi connectivity index (χ1) is 35.7. The van der Waals surface area contributed by atoms with Gasteiger partial charge in [-0.05, 0) is 0 Å². The fraction of sp³-hybridized carbons (Fsp3) is 0.412. The number of benzene rings is 6. The van der Waals surface area contributed by atoms with E-state index in [-0.39, 0.29) is 7.25 Å². The van der Waals surface area contributed by atoms with E-state index in [1.807, 2.05) is 0 Å². The van der Waals surface area contributed by atoms with Crippen LogP contribution in [0.1, 0.15) is 120 Å². The quantitative estimate of drug-likeness (QED) is 0.0708. The standard InChI is InChI=1S/2C28H41Si2.C12H9Si.2ClH.Zr/c2*1-9-11-13-21-16-23-15-14-22(12-10-2)28(27(23)17-21)24-18-25(29(3,4)5)20-26(19-24)30(6,7)8;1-3-7-11-9(5-1)10-6-2-4-8-12(10)13-11;;;/h2*14-20H,9-13H2,1-8H3;1-7H,13H2;2*1H;/q;;;;;+2/p-2. The van der Waals surface area contributed by atoms with E-state index >= 15 is 0 Å². The van der Waals surface area contributed by atoms with E-state index in [1.54, 1.807) is 20.7 Å². The van der Waals surface area contributed by atoms with Gasteiger partial charge in [0.2, 0.25) is 0 Å². The molecule has 1 aliphatic heterocycles. The summed E-state index contributed by atoms with van der Waals surface area (Å²) in [5.41, 5.74) is 20.0. The van der Waals surface area contributed by atoms with Gasteiger partial charge in [0.05, 0.1) is 0 Å². The molecule has 0 saturated heterocycles. The average molecular weight is 1210 g/mol. The second kappa shape index (κ2) is 21.7. The summed E-state index contributed by atoms with van der Waals surface area (Å²) < 4.78 is 1.18. The second-order valence-electron chi connectivity index (χ2n) is 27.6. The van der Waals surface area contributed by atoms with Gasteiger partial charge in [0, 0.05) is 0 Å². The van der Waals surface area contributed by atoms with Crippen LogP contribution in [0.2, 0.25) is 78.6 Å². The van der Waals surface area contributed by atoms with E-state index in [9.17, 15) is 17.0 Å². The molecule has 0 nitrogen and oxygen atoms in total. The van der Waals surface area contributed by atoms with E-state index in [2.05, 4.69) is 222 Å². The number of aryl methyl sites for hydroxylation is 2. The molecule has 3 aliphatic rings. The predicted molar refractivity (Wildman–Crippen MR) is 355 cm³/mol. The number of allylic oxidation sites excluding steroid dienone is 2. The Morgan fingerprint density at radius 3 is 1.25 bits per heavy atom. The van der Waals surface area contributed by atoms with Crippen LogP contribution in [0.4, 0.5) is 0 Å². The first-order valence-corrected chi connectivity index (χ1v) is 55.4. The van der Waals surface area contributed by atoms with Crippen LogP contribution in [0.5, 0.6) is 0 Å². The van der Waals surface area contributed by atoms with Crippen molar-refractivity contribution in [2.75, 3.05) is 0 Å². The zero-order valence-electron chi connectivity index (χ0n) is 49.7. The Morgan fingerprint density at radius 2 is 0.855 bits per heavy atom. The van der Waals surface area contributed by atoms with Crippen LogP contribution >= 0.6 is 17.0 Å². The van der Waals surface area contributed by atoms with Crippen molar-refractivity contribution >= 4 is 105 Å². The molecule has 8 heteroatoms. The molecule has 0 amide bonds. The molecule has 2 atom stereocenters. The average Bonchev–Trinajstić information content (AvgIpc) is 4.24. The first kappa shape index (κ1) is 58.0. The van der Waals surface area contributed by atoms with Crippen LogP contribution in [-0.4, -0.2) is 41.8 Å². The molecule has 0 aromatic heterocycles. The fourth-order valence-corrected chi connectivity index (χ4v) is 46.5. The van der Waals surface area contributed by atoms with Crippen molar-refractivity contribution in [3.05, 3.63) is 148 Å². The number of unbranched alkanes of at least 4 members (excludes halogenated alkanes) is 2. The summed E-state index contributed by atoms with van der Waals surface area (Å²) in [7, 11) is 12.0. The Kier molecular flexibility index (Phi) is 16.5. The molecule has 2 unspecified atom stereocenters. The van der Waals surface area contributed by atoms with Gasteiger partial charge in [-0.1, -0.05) is 0 Å². The summed E-state index contributed by atoms with van der Waals surface area (Å²) in [5, 5.41) is 9.30. The van der Waals surface area contributed by atoms with Crippen LogP contribution in [0.25, 0.3) is 45.5 Å². The van der Waals surface area contributed by atoms with Crippen molar-refractivity contribution in [3.8, 4) is 33.4 Å². The molecular formula is C68H91Cl2Si5Zr. The van der Waals surface area contributed by atoms with Crippen LogP contribution in [0, 0.1) is 0 Å². The Hall–Kier alpha value is -2.65. The minimum absolute atomic E-state index is 0.0879. The topological polar surface area (TPSA) is 0 Å². The van der Waals surface area contributed by atoms with Crippen molar-refractivity contribution in [1.29, 1.82) is 0 Å². The maximum absolute atomic E-state index is 9.84. The molecule has 6 aromatic rings. The van der Waals surface area contributed by atoms with Crippen LogP contribution in [0.3, 0.4) is 0 Å². The van der Waals surface area contributed by atoms with Gasteiger partial charge in [0.15, 0.2) is 0 Å². The van der Waals surface area contributed by atoms with E-state index < -0.39 is 58.2 Å². The molecular weight excluding hydrogens is 1120 g/mol. The molecule has 0 N–H and O–H groups in total. The third-order valence-corrected chi connectivity index (χ3v) is 48.6. The van der Waals surface area contributed by atoms with Crippen molar-refractivity contribution in [1.82, 2.24) is 0 Å². The number of halogens is 2. The number of fused-ring (bicyclic) bond motifs is 5. The van der Waals surface area contributed by atoms with Gasteiger partial charge in [0.1, 0.15) is 0 Å². The van der Waals surface area contributed by atoms with Crippen molar-refractivity contribution in [2.45, 2.75) is 178 Å². The van der Waals surface area contributed by atoms with Crippen LogP contribution in [-0.2, 0) is 29.2 Å². The normalized spacial score (nSPS) is 17.3. The van der Waals surface area contributed by atoms with Gasteiger partial charge < -0.3 is 0 Å². The predicted octanol–water partition coefficient (Wildman–Crippen LogP) is 16.5. The van der Waals surface area contributed by atoms with Gasteiger partial charge in [-0.25, -0.2) is 0 Å². The molecule has 0 spiro atoms. The molecule has 76 heavy (non-hydrogen) atoms. The molecule has 2 aliphatic carbocycles. The fourth-order valence-electron chi connectivity index (χ4n) is 13.6. The third kappa shape index (κ3) is 10.6. The van der Waals surface area contributed by atoms with Gasteiger partial charge in [0.25, 0.3) is 0 Å².